The van der Waals surface area contributed by atoms with E-state index in [2.05, 4.69) is 24.3 Å². The molecule has 1 saturated carbocycles. The molecule has 2 rings (SSSR count). The number of halogens is 1. The molecule has 1 heterocycles. The number of aryl methyl sites for hydroxylation is 1. The summed E-state index contributed by atoms with van der Waals surface area (Å²) in [7, 11) is 5.71. The van der Waals surface area contributed by atoms with Gasteiger partial charge >= 0.3 is 0 Å². The van der Waals surface area contributed by atoms with Crippen molar-refractivity contribution in [3.63, 3.8) is 0 Å². The third kappa shape index (κ3) is 2.74. The lowest BCUT2D eigenvalue weighted by Crippen LogP contribution is -2.49. The van der Waals surface area contributed by atoms with Crippen molar-refractivity contribution in [1.82, 2.24) is 15.1 Å². The zero-order valence-corrected chi connectivity index (χ0v) is 13.9. The van der Waals surface area contributed by atoms with Crippen LogP contribution in [0.4, 0.5) is 0 Å². The van der Waals surface area contributed by atoms with E-state index in [0.717, 1.165) is 31.4 Å². The number of likely N-dealkylation sites (N-methyl/N-ethyl adjacent to an activating group) is 1. The minimum absolute atomic E-state index is 0.0589. The van der Waals surface area contributed by atoms with Gasteiger partial charge in [0.15, 0.2) is 0 Å². The van der Waals surface area contributed by atoms with Crippen molar-refractivity contribution in [1.29, 1.82) is 0 Å². The quantitative estimate of drug-likeness (QED) is 0.927. The smallest absolute Gasteiger partial charge is 0.0888 e. The van der Waals surface area contributed by atoms with Gasteiger partial charge in [-0.3, -0.25) is 4.68 Å². The molecular weight excluding hydrogens is 274 g/mol. The van der Waals surface area contributed by atoms with Gasteiger partial charge < -0.3 is 10.1 Å². The minimum Gasteiger partial charge on any atom is -0.376 e. The summed E-state index contributed by atoms with van der Waals surface area (Å²) in [5.74, 6) is 0. The second-order valence-electron chi connectivity index (χ2n) is 6.66. The molecule has 1 atom stereocenters. The molecule has 0 saturated heterocycles. The van der Waals surface area contributed by atoms with Crippen molar-refractivity contribution in [2.45, 2.75) is 51.2 Å². The van der Waals surface area contributed by atoms with Gasteiger partial charge in [0, 0.05) is 14.2 Å². The zero-order valence-electron chi connectivity index (χ0n) is 13.2. The highest BCUT2D eigenvalue weighted by atomic mass is 35.5. The van der Waals surface area contributed by atoms with Crippen LogP contribution in [0.15, 0.2) is 6.20 Å². The van der Waals surface area contributed by atoms with E-state index in [0.29, 0.717) is 10.4 Å². The van der Waals surface area contributed by atoms with Gasteiger partial charge in [-0.15, -0.1) is 0 Å². The lowest BCUT2D eigenvalue weighted by Gasteiger charge is -2.47. The lowest BCUT2D eigenvalue weighted by molar-refractivity contribution is -0.0877. The Morgan fingerprint density at radius 2 is 1.95 bits per heavy atom. The molecule has 1 unspecified atom stereocenters. The fourth-order valence-corrected chi connectivity index (χ4v) is 3.63. The second-order valence-corrected chi connectivity index (χ2v) is 7.06. The number of rotatable bonds is 4. The van der Waals surface area contributed by atoms with Gasteiger partial charge in [0.1, 0.15) is 0 Å². The van der Waals surface area contributed by atoms with Gasteiger partial charge in [-0.2, -0.15) is 5.10 Å². The van der Waals surface area contributed by atoms with E-state index in [1.165, 1.54) is 0 Å². The summed E-state index contributed by atoms with van der Waals surface area (Å²) in [4.78, 5) is 0. The highest BCUT2D eigenvalue weighted by Gasteiger charge is 2.46. The highest BCUT2D eigenvalue weighted by Crippen LogP contribution is 2.48. The van der Waals surface area contributed by atoms with Crippen molar-refractivity contribution in [2.24, 2.45) is 12.5 Å². The maximum atomic E-state index is 6.33. The van der Waals surface area contributed by atoms with E-state index >= 15 is 0 Å². The standard InChI is InChI=1S/C15H26ClN3O/c1-14(2)6-8-15(20-5,9-7-14)13(17-3)12-11(16)10-18-19(12)4/h10,13,17H,6-9H2,1-5H3. The molecule has 114 valence electrons. The van der Waals surface area contributed by atoms with Crippen LogP contribution < -0.4 is 5.32 Å². The van der Waals surface area contributed by atoms with Crippen LogP contribution >= 0.6 is 11.6 Å². The SMILES string of the molecule is CNC(c1c(Cl)cnn1C)C1(OC)CCC(C)(C)CC1. The van der Waals surface area contributed by atoms with Crippen molar-refractivity contribution in [3.05, 3.63) is 16.9 Å². The summed E-state index contributed by atoms with van der Waals surface area (Å²) in [6.45, 7) is 4.66. The number of nitrogens with zero attached hydrogens (tertiary/aromatic N) is 2. The molecule has 0 aliphatic heterocycles. The Hall–Kier alpha value is -0.580. The van der Waals surface area contributed by atoms with Crippen molar-refractivity contribution in [3.8, 4) is 0 Å². The van der Waals surface area contributed by atoms with Crippen LogP contribution in [-0.4, -0.2) is 29.5 Å². The van der Waals surface area contributed by atoms with E-state index in [-0.39, 0.29) is 11.6 Å². The summed E-state index contributed by atoms with van der Waals surface area (Å²) >= 11 is 6.33. The molecule has 4 nitrogen and oxygen atoms in total. The third-order valence-electron chi connectivity index (χ3n) is 4.88. The fourth-order valence-electron chi connectivity index (χ4n) is 3.35. The molecule has 0 amide bonds. The monoisotopic (exact) mass is 299 g/mol. The first-order chi connectivity index (χ1) is 9.35. The van der Waals surface area contributed by atoms with E-state index in [1.54, 1.807) is 6.20 Å². The number of aromatic nitrogens is 2. The van der Waals surface area contributed by atoms with Gasteiger partial charge in [0.05, 0.1) is 28.6 Å². The van der Waals surface area contributed by atoms with Crippen LogP contribution in [0.25, 0.3) is 0 Å². The molecular formula is C15H26ClN3O. The van der Waals surface area contributed by atoms with Crippen molar-refractivity contribution >= 4 is 11.6 Å². The first kappa shape index (κ1) is 15.8. The topological polar surface area (TPSA) is 39.1 Å². The van der Waals surface area contributed by atoms with Gasteiger partial charge in [-0.25, -0.2) is 0 Å². The summed E-state index contributed by atoms with van der Waals surface area (Å²) in [6.07, 6.45) is 6.09. The second kappa shape index (κ2) is 5.66. The van der Waals surface area contributed by atoms with Crippen LogP contribution in [0.5, 0.6) is 0 Å². The Morgan fingerprint density at radius 3 is 2.35 bits per heavy atom. The molecule has 20 heavy (non-hydrogen) atoms. The molecule has 1 N–H and O–H groups in total. The number of hydrogen-bond acceptors (Lipinski definition) is 3. The Bertz CT molecular complexity index is 440. The number of methoxy groups -OCH3 is 1. The predicted molar refractivity (Wildman–Crippen MR) is 82.0 cm³/mol. The first-order valence-corrected chi connectivity index (χ1v) is 7.63. The molecule has 0 spiro atoms. The Morgan fingerprint density at radius 1 is 1.35 bits per heavy atom. The first-order valence-electron chi connectivity index (χ1n) is 7.25. The van der Waals surface area contributed by atoms with E-state index in [9.17, 15) is 0 Å². The van der Waals surface area contributed by atoms with Gasteiger partial charge in [-0.05, 0) is 38.1 Å². The zero-order chi connectivity index (χ0) is 15.0. The van der Waals surface area contributed by atoms with Crippen LogP contribution in [0.2, 0.25) is 5.02 Å². The van der Waals surface area contributed by atoms with Crippen LogP contribution in [0, 0.1) is 5.41 Å². The minimum atomic E-state index is -0.207. The third-order valence-corrected chi connectivity index (χ3v) is 5.17. The van der Waals surface area contributed by atoms with Crippen molar-refractivity contribution < 1.29 is 4.74 Å². The maximum Gasteiger partial charge on any atom is 0.0888 e. The molecule has 1 aliphatic carbocycles. The van der Waals surface area contributed by atoms with E-state index in [1.807, 2.05) is 25.9 Å². The van der Waals surface area contributed by atoms with Crippen molar-refractivity contribution in [2.75, 3.05) is 14.2 Å². The van der Waals surface area contributed by atoms with Crippen LogP contribution in [-0.2, 0) is 11.8 Å². The molecule has 1 aliphatic rings. The average molecular weight is 300 g/mol. The van der Waals surface area contributed by atoms with E-state index in [4.69, 9.17) is 16.3 Å². The number of nitrogens with one attached hydrogen (secondary N) is 1. The Kier molecular flexibility index (Phi) is 4.47. The molecule has 0 bridgehead atoms. The van der Waals surface area contributed by atoms with Crippen LogP contribution in [0.1, 0.15) is 51.3 Å². The normalized spacial score (nSPS) is 22.7. The maximum absolute atomic E-state index is 6.33. The summed E-state index contributed by atoms with van der Waals surface area (Å²) < 4.78 is 7.85. The summed E-state index contributed by atoms with van der Waals surface area (Å²) in [5, 5.41) is 8.37. The largest absolute Gasteiger partial charge is 0.376 e. The highest BCUT2D eigenvalue weighted by molar-refractivity contribution is 6.31. The molecule has 0 aromatic carbocycles. The summed E-state index contributed by atoms with van der Waals surface area (Å²) in [5.41, 5.74) is 1.20. The fraction of sp³-hybridized carbons (Fsp3) is 0.800. The molecule has 1 aromatic heterocycles. The van der Waals surface area contributed by atoms with Gasteiger partial charge in [-0.1, -0.05) is 25.4 Å². The average Bonchev–Trinajstić information content (AvgIpc) is 2.74. The molecule has 0 radical (unpaired) electrons. The number of ether oxygens (including phenoxy) is 1. The van der Waals surface area contributed by atoms with Gasteiger partial charge in [0.25, 0.3) is 0 Å². The number of hydrogen-bond donors (Lipinski definition) is 1. The molecule has 5 heteroatoms. The van der Waals surface area contributed by atoms with E-state index < -0.39 is 0 Å². The Labute approximate surface area is 126 Å². The molecule has 1 fully saturated rings. The van der Waals surface area contributed by atoms with Crippen LogP contribution in [0.3, 0.4) is 0 Å². The lowest BCUT2D eigenvalue weighted by atomic mass is 9.68. The van der Waals surface area contributed by atoms with Gasteiger partial charge in [0.2, 0.25) is 0 Å². The predicted octanol–water partition coefficient (Wildman–Crippen LogP) is 3.32. The molecule has 1 aromatic rings. The summed E-state index contributed by atoms with van der Waals surface area (Å²) in [6, 6.07) is 0.0589. The Balaban J connectivity index is 2.34.